The molecule has 0 radical (unpaired) electrons. The third-order valence-electron chi connectivity index (χ3n) is 3.56. The number of amides is 1. The van der Waals surface area contributed by atoms with E-state index in [2.05, 4.69) is 15.4 Å². The van der Waals surface area contributed by atoms with Crippen LogP contribution in [0.4, 0.5) is 10.1 Å². The van der Waals surface area contributed by atoms with Gasteiger partial charge < -0.3 is 10.6 Å². The predicted molar refractivity (Wildman–Crippen MR) is 98.7 cm³/mol. The van der Waals surface area contributed by atoms with Crippen LogP contribution in [0.25, 0.3) is 0 Å². The van der Waals surface area contributed by atoms with Gasteiger partial charge in [-0.05, 0) is 48.5 Å². The lowest BCUT2D eigenvalue weighted by Gasteiger charge is -2.09. The molecule has 2 aromatic carbocycles. The van der Waals surface area contributed by atoms with Crippen LogP contribution in [0.2, 0.25) is 0 Å². The van der Waals surface area contributed by atoms with Gasteiger partial charge in [0.15, 0.2) is 0 Å². The SMILES string of the molecule is CCNCc1cccc(NC(=O)CCNS(=O)(=O)c2ccc(F)cc2)c1. The summed E-state index contributed by atoms with van der Waals surface area (Å²) >= 11 is 0. The Balaban J connectivity index is 1.84. The Morgan fingerprint density at radius 2 is 1.85 bits per heavy atom. The zero-order chi connectivity index (χ0) is 19.0. The molecule has 0 bridgehead atoms. The molecule has 0 aliphatic heterocycles. The Morgan fingerprint density at radius 1 is 1.12 bits per heavy atom. The molecule has 8 heteroatoms. The van der Waals surface area contributed by atoms with Crippen LogP contribution in [0.15, 0.2) is 53.4 Å². The molecule has 0 aliphatic carbocycles. The fourth-order valence-corrected chi connectivity index (χ4v) is 3.28. The van der Waals surface area contributed by atoms with Gasteiger partial charge in [-0.15, -0.1) is 0 Å². The van der Waals surface area contributed by atoms with Gasteiger partial charge in [-0.2, -0.15) is 0 Å². The van der Waals surface area contributed by atoms with Crippen molar-refractivity contribution >= 4 is 21.6 Å². The van der Waals surface area contributed by atoms with Crippen LogP contribution in [0.3, 0.4) is 0 Å². The lowest BCUT2D eigenvalue weighted by atomic mass is 10.2. The summed E-state index contributed by atoms with van der Waals surface area (Å²) in [6.45, 7) is 3.52. The first-order chi connectivity index (χ1) is 12.4. The molecule has 3 N–H and O–H groups in total. The summed E-state index contributed by atoms with van der Waals surface area (Å²) in [6, 6.07) is 11.9. The van der Waals surface area contributed by atoms with E-state index in [1.807, 2.05) is 25.1 Å². The number of nitrogens with one attached hydrogen (secondary N) is 3. The van der Waals surface area contributed by atoms with Gasteiger partial charge in [0.05, 0.1) is 4.90 Å². The predicted octanol–water partition coefficient (Wildman–Crippen LogP) is 2.24. The van der Waals surface area contributed by atoms with Crippen LogP contribution in [-0.4, -0.2) is 27.4 Å². The molecule has 0 fully saturated rings. The van der Waals surface area contributed by atoms with Gasteiger partial charge in [0, 0.05) is 25.2 Å². The number of anilines is 1. The third-order valence-corrected chi connectivity index (χ3v) is 5.03. The molecule has 0 saturated carbocycles. The highest BCUT2D eigenvalue weighted by atomic mass is 32.2. The monoisotopic (exact) mass is 379 g/mol. The molecular weight excluding hydrogens is 357 g/mol. The molecule has 0 aromatic heterocycles. The van der Waals surface area contributed by atoms with Crippen LogP contribution in [-0.2, 0) is 21.4 Å². The van der Waals surface area contributed by atoms with Crippen LogP contribution >= 0.6 is 0 Å². The number of hydrogen-bond acceptors (Lipinski definition) is 4. The number of hydrogen-bond donors (Lipinski definition) is 3. The third kappa shape index (κ3) is 6.21. The second kappa shape index (κ2) is 9.42. The molecule has 0 saturated heterocycles. The van der Waals surface area contributed by atoms with Gasteiger partial charge in [0.25, 0.3) is 0 Å². The van der Waals surface area contributed by atoms with Gasteiger partial charge >= 0.3 is 0 Å². The minimum atomic E-state index is -3.77. The van der Waals surface area contributed by atoms with Crippen molar-refractivity contribution in [1.82, 2.24) is 10.0 Å². The molecule has 0 unspecified atom stereocenters. The molecule has 0 aliphatic rings. The van der Waals surface area contributed by atoms with Gasteiger partial charge in [-0.3, -0.25) is 4.79 Å². The lowest BCUT2D eigenvalue weighted by molar-refractivity contribution is -0.116. The standard InChI is InChI=1S/C18H22FN3O3S/c1-2-20-13-14-4-3-5-16(12-14)22-18(23)10-11-21-26(24,25)17-8-6-15(19)7-9-17/h3-9,12,20-21H,2,10-11,13H2,1H3,(H,22,23). The maximum atomic E-state index is 12.9. The molecule has 0 atom stereocenters. The number of benzene rings is 2. The van der Waals surface area contributed by atoms with E-state index in [1.165, 1.54) is 12.1 Å². The van der Waals surface area contributed by atoms with Gasteiger partial charge in [0.1, 0.15) is 5.82 Å². The van der Waals surface area contributed by atoms with Crippen molar-refractivity contribution in [3.05, 3.63) is 59.9 Å². The minimum absolute atomic E-state index is 0.0160. The van der Waals surface area contributed by atoms with E-state index in [4.69, 9.17) is 0 Å². The zero-order valence-corrected chi connectivity index (χ0v) is 15.3. The highest BCUT2D eigenvalue weighted by Gasteiger charge is 2.14. The zero-order valence-electron chi connectivity index (χ0n) is 14.5. The van der Waals surface area contributed by atoms with Crippen molar-refractivity contribution in [3.8, 4) is 0 Å². The smallest absolute Gasteiger partial charge is 0.240 e. The van der Waals surface area contributed by atoms with Crippen molar-refractivity contribution in [2.75, 3.05) is 18.4 Å². The summed E-state index contributed by atoms with van der Waals surface area (Å²) < 4.78 is 39.3. The first-order valence-corrected chi connectivity index (χ1v) is 9.74. The lowest BCUT2D eigenvalue weighted by Crippen LogP contribution is -2.27. The summed E-state index contributed by atoms with van der Waals surface area (Å²) in [4.78, 5) is 11.9. The number of carbonyl (C=O) groups excluding carboxylic acids is 1. The first-order valence-electron chi connectivity index (χ1n) is 8.25. The second-order valence-electron chi connectivity index (χ2n) is 5.63. The highest BCUT2D eigenvalue weighted by Crippen LogP contribution is 2.12. The van der Waals surface area contributed by atoms with Crippen molar-refractivity contribution in [2.45, 2.75) is 24.8 Å². The molecule has 1 amide bonds. The van der Waals surface area contributed by atoms with Crippen molar-refractivity contribution < 1.29 is 17.6 Å². The van der Waals surface area contributed by atoms with E-state index in [9.17, 15) is 17.6 Å². The van der Waals surface area contributed by atoms with E-state index in [-0.39, 0.29) is 23.8 Å². The van der Waals surface area contributed by atoms with Gasteiger partial charge in [-0.25, -0.2) is 17.5 Å². The van der Waals surface area contributed by atoms with E-state index in [0.29, 0.717) is 12.2 Å². The average molecular weight is 379 g/mol. The Kier molecular flexibility index (Phi) is 7.26. The number of rotatable bonds is 9. The Morgan fingerprint density at radius 3 is 2.54 bits per heavy atom. The normalized spacial score (nSPS) is 11.3. The van der Waals surface area contributed by atoms with Crippen molar-refractivity contribution in [3.63, 3.8) is 0 Å². The van der Waals surface area contributed by atoms with Crippen LogP contribution in [0.1, 0.15) is 18.9 Å². The summed E-state index contributed by atoms with van der Waals surface area (Å²) in [7, 11) is -3.77. The van der Waals surface area contributed by atoms with E-state index < -0.39 is 15.8 Å². The molecule has 2 rings (SSSR count). The summed E-state index contributed by atoms with van der Waals surface area (Å²) in [5.74, 6) is -0.813. The quantitative estimate of drug-likeness (QED) is 0.624. The van der Waals surface area contributed by atoms with Crippen LogP contribution < -0.4 is 15.4 Å². The van der Waals surface area contributed by atoms with Crippen LogP contribution in [0.5, 0.6) is 0 Å². The van der Waals surface area contributed by atoms with Crippen molar-refractivity contribution in [1.29, 1.82) is 0 Å². The minimum Gasteiger partial charge on any atom is -0.326 e. The summed E-state index contributed by atoms with van der Waals surface area (Å²) in [6.07, 6.45) is -0.0160. The Hall–Kier alpha value is -2.29. The Labute approximate surface area is 152 Å². The van der Waals surface area contributed by atoms with Gasteiger partial charge in [0.2, 0.25) is 15.9 Å². The molecule has 26 heavy (non-hydrogen) atoms. The fourth-order valence-electron chi connectivity index (χ4n) is 2.25. The molecule has 140 valence electrons. The highest BCUT2D eigenvalue weighted by molar-refractivity contribution is 7.89. The fraction of sp³-hybridized carbons (Fsp3) is 0.278. The molecule has 0 heterocycles. The summed E-state index contributed by atoms with van der Waals surface area (Å²) in [5, 5.41) is 5.94. The topological polar surface area (TPSA) is 87.3 Å². The number of halogens is 1. The largest absolute Gasteiger partial charge is 0.326 e. The maximum absolute atomic E-state index is 12.9. The van der Waals surface area contributed by atoms with Crippen LogP contribution in [0, 0.1) is 5.82 Å². The molecular formula is C18H22FN3O3S. The van der Waals surface area contributed by atoms with E-state index in [0.717, 1.165) is 24.2 Å². The number of sulfonamides is 1. The molecule has 0 spiro atoms. The number of carbonyl (C=O) groups is 1. The maximum Gasteiger partial charge on any atom is 0.240 e. The second-order valence-corrected chi connectivity index (χ2v) is 7.40. The van der Waals surface area contributed by atoms with Crippen molar-refractivity contribution in [2.24, 2.45) is 0 Å². The molecule has 2 aromatic rings. The molecule has 6 nitrogen and oxygen atoms in total. The van der Waals surface area contributed by atoms with Gasteiger partial charge in [-0.1, -0.05) is 19.1 Å². The van der Waals surface area contributed by atoms with E-state index >= 15 is 0 Å². The average Bonchev–Trinajstić information content (AvgIpc) is 2.60. The Bertz CT molecular complexity index is 839. The first kappa shape index (κ1) is 20.0. The van der Waals surface area contributed by atoms with E-state index in [1.54, 1.807) is 6.07 Å². The summed E-state index contributed by atoms with van der Waals surface area (Å²) in [5.41, 5.74) is 1.70.